The monoisotopic (exact) mass is 431 g/mol. The van der Waals surface area contributed by atoms with Crippen LogP contribution < -0.4 is 14.8 Å². The fraction of sp³-hybridized carbons (Fsp3) is 0.381. The van der Waals surface area contributed by atoms with E-state index >= 15 is 0 Å². The summed E-state index contributed by atoms with van der Waals surface area (Å²) in [6.45, 7) is 7.88. The van der Waals surface area contributed by atoms with Gasteiger partial charge in [-0.05, 0) is 45.4 Å². The normalized spacial score (nSPS) is 11.4. The predicted octanol–water partition coefficient (Wildman–Crippen LogP) is 3.79. The number of anilines is 1. The minimum absolute atomic E-state index is 0.209. The topological polar surface area (TPSA) is 83.2 Å². The number of benzene rings is 1. The van der Waals surface area contributed by atoms with Crippen LogP contribution in [0.4, 0.5) is 5.69 Å². The van der Waals surface area contributed by atoms with Gasteiger partial charge in [-0.2, -0.15) is 10.2 Å². The van der Waals surface area contributed by atoms with Crippen molar-refractivity contribution < 1.29 is 14.3 Å². The number of methoxy groups -OCH3 is 2. The summed E-state index contributed by atoms with van der Waals surface area (Å²) >= 11 is 5.96. The average Bonchev–Trinajstić information content (AvgIpc) is 3.27. The summed E-state index contributed by atoms with van der Waals surface area (Å²) in [6.07, 6.45) is 3.13. The maximum atomic E-state index is 13.0. The summed E-state index contributed by atoms with van der Waals surface area (Å²) in [4.78, 5) is 13.0. The highest BCUT2D eigenvalue weighted by Gasteiger charge is 2.32. The first kappa shape index (κ1) is 21.7. The van der Waals surface area contributed by atoms with Gasteiger partial charge in [-0.15, -0.1) is 0 Å². The van der Waals surface area contributed by atoms with E-state index in [0.29, 0.717) is 28.8 Å². The van der Waals surface area contributed by atoms with Gasteiger partial charge in [-0.25, -0.2) is 0 Å². The molecule has 8 nitrogen and oxygen atoms in total. The van der Waals surface area contributed by atoms with Crippen molar-refractivity contribution in [3.63, 3.8) is 0 Å². The molecular weight excluding hydrogens is 406 g/mol. The molecule has 3 aromatic rings. The molecule has 1 aromatic carbocycles. The molecule has 0 atom stereocenters. The van der Waals surface area contributed by atoms with E-state index in [4.69, 9.17) is 21.1 Å². The average molecular weight is 432 g/mol. The SMILES string of the molecule is COc1ccc(Cn2nc(C)c(NC(=O)C(C)(C)n3cc(Cl)cn3)c2C)cc1OC. The fourth-order valence-electron chi connectivity index (χ4n) is 3.16. The number of hydrogen-bond donors (Lipinski definition) is 1. The van der Waals surface area contributed by atoms with Crippen molar-refractivity contribution in [2.45, 2.75) is 39.8 Å². The van der Waals surface area contributed by atoms with Gasteiger partial charge in [-0.1, -0.05) is 17.7 Å². The number of carbonyl (C=O) groups is 1. The van der Waals surface area contributed by atoms with Crippen LogP contribution in [0.1, 0.15) is 30.8 Å². The Balaban J connectivity index is 1.83. The third kappa shape index (κ3) is 4.14. The van der Waals surface area contributed by atoms with E-state index in [-0.39, 0.29) is 5.91 Å². The number of ether oxygens (including phenoxy) is 2. The summed E-state index contributed by atoms with van der Waals surface area (Å²) in [7, 11) is 3.21. The van der Waals surface area contributed by atoms with Crippen LogP contribution in [-0.2, 0) is 16.9 Å². The van der Waals surface area contributed by atoms with Crippen LogP contribution >= 0.6 is 11.6 Å². The van der Waals surface area contributed by atoms with Gasteiger partial charge in [0.25, 0.3) is 5.91 Å². The Morgan fingerprint density at radius 1 is 1.20 bits per heavy atom. The van der Waals surface area contributed by atoms with E-state index in [1.165, 1.54) is 6.20 Å². The predicted molar refractivity (Wildman–Crippen MR) is 116 cm³/mol. The zero-order chi connectivity index (χ0) is 22.1. The molecule has 2 aromatic heterocycles. The van der Waals surface area contributed by atoms with Crippen LogP contribution in [0, 0.1) is 13.8 Å². The molecule has 9 heteroatoms. The first-order chi connectivity index (χ1) is 14.2. The number of aromatic nitrogens is 4. The van der Waals surface area contributed by atoms with Gasteiger partial charge in [0.1, 0.15) is 5.54 Å². The maximum absolute atomic E-state index is 13.0. The van der Waals surface area contributed by atoms with Crippen LogP contribution in [0.2, 0.25) is 5.02 Å². The molecule has 1 N–H and O–H groups in total. The summed E-state index contributed by atoms with van der Waals surface area (Å²) in [6, 6.07) is 5.74. The Bertz CT molecular complexity index is 1070. The lowest BCUT2D eigenvalue weighted by Crippen LogP contribution is -2.40. The summed E-state index contributed by atoms with van der Waals surface area (Å²) in [5.74, 6) is 1.12. The molecule has 0 unspecified atom stereocenters. The van der Waals surface area contributed by atoms with Gasteiger partial charge < -0.3 is 14.8 Å². The Labute approximate surface area is 180 Å². The number of rotatable bonds is 7. The van der Waals surface area contributed by atoms with Gasteiger partial charge >= 0.3 is 0 Å². The number of aryl methyl sites for hydroxylation is 1. The molecule has 1 amide bonds. The number of amides is 1. The molecule has 2 heterocycles. The van der Waals surface area contributed by atoms with Gasteiger partial charge in [0.15, 0.2) is 11.5 Å². The Morgan fingerprint density at radius 2 is 1.90 bits per heavy atom. The summed E-state index contributed by atoms with van der Waals surface area (Å²) in [5.41, 5.74) is 2.35. The maximum Gasteiger partial charge on any atom is 0.251 e. The van der Waals surface area contributed by atoms with Gasteiger partial charge in [0.2, 0.25) is 0 Å². The van der Waals surface area contributed by atoms with E-state index < -0.39 is 5.54 Å². The van der Waals surface area contributed by atoms with E-state index in [1.54, 1.807) is 38.9 Å². The highest BCUT2D eigenvalue weighted by Crippen LogP contribution is 2.29. The molecule has 160 valence electrons. The van der Waals surface area contributed by atoms with Crippen molar-refractivity contribution in [2.75, 3.05) is 19.5 Å². The molecular formula is C21H26ClN5O3. The van der Waals surface area contributed by atoms with Crippen molar-refractivity contribution >= 4 is 23.2 Å². The number of nitrogens with zero attached hydrogens (tertiary/aromatic N) is 4. The standard InChI is InChI=1S/C21H26ClN5O3/c1-13-19(24-20(28)21(3,4)27-12-16(22)10-23-27)14(2)26(25-13)11-15-7-8-17(29-5)18(9-15)30-6/h7-10,12H,11H2,1-6H3,(H,24,28). The largest absolute Gasteiger partial charge is 0.493 e. The molecule has 0 radical (unpaired) electrons. The van der Waals surface area contributed by atoms with Crippen LogP contribution in [0.25, 0.3) is 0 Å². The molecule has 0 aliphatic rings. The summed E-state index contributed by atoms with van der Waals surface area (Å²) in [5, 5.41) is 12.2. The number of carbonyl (C=O) groups excluding carboxylic acids is 1. The fourth-order valence-corrected chi connectivity index (χ4v) is 3.30. The van der Waals surface area contributed by atoms with E-state index in [9.17, 15) is 4.79 Å². The van der Waals surface area contributed by atoms with Gasteiger partial charge in [-0.3, -0.25) is 14.2 Å². The minimum atomic E-state index is -0.919. The smallest absolute Gasteiger partial charge is 0.251 e. The molecule has 0 bridgehead atoms. The lowest BCUT2D eigenvalue weighted by Gasteiger charge is -2.24. The zero-order valence-electron chi connectivity index (χ0n) is 18.0. The molecule has 0 saturated heterocycles. The van der Waals surface area contributed by atoms with Crippen molar-refractivity contribution in [1.82, 2.24) is 19.6 Å². The first-order valence-corrected chi connectivity index (χ1v) is 9.82. The molecule has 0 aliphatic heterocycles. The van der Waals surface area contributed by atoms with Crippen molar-refractivity contribution in [3.05, 3.63) is 52.6 Å². The van der Waals surface area contributed by atoms with Crippen molar-refractivity contribution in [2.24, 2.45) is 0 Å². The molecule has 0 spiro atoms. The third-order valence-corrected chi connectivity index (χ3v) is 5.27. The van der Waals surface area contributed by atoms with E-state index in [0.717, 1.165) is 17.0 Å². The van der Waals surface area contributed by atoms with Crippen molar-refractivity contribution in [1.29, 1.82) is 0 Å². The number of halogens is 1. The minimum Gasteiger partial charge on any atom is -0.493 e. The quantitative estimate of drug-likeness (QED) is 0.615. The van der Waals surface area contributed by atoms with E-state index in [2.05, 4.69) is 15.5 Å². The third-order valence-electron chi connectivity index (χ3n) is 5.08. The second-order valence-electron chi connectivity index (χ2n) is 7.51. The first-order valence-electron chi connectivity index (χ1n) is 9.44. The number of hydrogen-bond acceptors (Lipinski definition) is 5. The lowest BCUT2D eigenvalue weighted by molar-refractivity contribution is -0.123. The van der Waals surface area contributed by atoms with Crippen LogP contribution in [0.5, 0.6) is 11.5 Å². The van der Waals surface area contributed by atoms with Crippen molar-refractivity contribution in [3.8, 4) is 11.5 Å². The molecule has 0 fully saturated rings. The molecule has 3 rings (SSSR count). The van der Waals surface area contributed by atoms with Crippen LogP contribution in [0.3, 0.4) is 0 Å². The molecule has 0 aliphatic carbocycles. The highest BCUT2D eigenvalue weighted by molar-refractivity contribution is 6.30. The Kier molecular flexibility index (Phi) is 6.07. The lowest BCUT2D eigenvalue weighted by atomic mass is 10.0. The molecule has 0 saturated carbocycles. The van der Waals surface area contributed by atoms with Gasteiger partial charge in [0.05, 0.1) is 49.1 Å². The Hall–Kier alpha value is -3.00. The summed E-state index contributed by atoms with van der Waals surface area (Å²) < 4.78 is 14.1. The zero-order valence-corrected chi connectivity index (χ0v) is 18.7. The Morgan fingerprint density at radius 3 is 2.50 bits per heavy atom. The number of nitrogens with one attached hydrogen (secondary N) is 1. The molecule has 30 heavy (non-hydrogen) atoms. The van der Waals surface area contributed by atoms with E-state index in [1.807, 2.05) is 36.7 Å². The van der Waals surface area contributed by atoms with Gasteiger partial charge in [0, 0.05) is 6.20 Å². The second-order valence-corrected chi connectivity index (χ2v) is 7.95. The van der Waals surface area contributed by atoms with Crippen LogP contribution in [0.15, 0.2) is 30.6 Å². The van der Waals surface area contributed by atoms with Crippen LogP contribution in [-0.4, -0.2) is 39.7 Å². The highest BCUT2D eigenvalue weighted by atomic mass is 35.5. The second kappa shape index (κ2) is 8.39.